The van der Waals surface area contributed by atoms with Crippen LogP contribution in [-0.4, -0.2) is 83.3 Å². The van der Waals surface area contributed by atoms with Gasteiger partial charge in [0.2, 0.25) is 0 Å². The third-order valence-electron chi connectivity index (χ3n) is 4.63. The van der Waals surface area contributed by atoms with E-state index in [4.69, 9.17) is 9.84 Å². The van der Waals surface area contributed by atoms with Crippen LogP contribution in [0.2, 0.25) is 0 Å². The Hall–Kier alpha value is -2.42. The van der Waals surface area contributed by atoms with Gasteiger partial charge < -0.3 is 14.7 Å². The van der Waals surface area contributed by atoms with Crippen molar-refractivity contribution < 1.29 is 14.6 Å². The fraction of sp³-hybridized carbons (Fsp3) is 0.474. The molecule has 1 aliphatic rings. The first kappa shape index (κ1) is 19.3. The van der Waals surface area contributed by atoms with Crippen LogP contribution < -0.4 is 5.32 Å². The molecule has 0 saturated carbocycles. The molecule has 2 N–H and O–H groups in total. The monoisotopic (exact) mass is 373 g/mol. The van der Waals surface area contributed by atoms with Gasteiger partial charge >= 0.3 is 6.03 Å². The van der Waals surface area contributed by atoms with E-state index in [-0.39, 0.29) is 12.6 Å². The van der Waals surface area contributed by atoms with Gasteiger partial charge in [0.15, 0.2) is 0 Å². The molecular formula is C19H27N5O3. The summed E-state index contributed by atoms with van der Waals surface area (Å²) in [4.78, 5) is 16.7. The molecule has 0 aliphatic carbocycles. The average molecular weight is 373 g/mol. The molecule has 0 atom stereocenters. The van der Waals surface area contributed by atoms with E-state index in [1.165, 1.54) is 0 Å². The maximum atomic E-state index is 12.6. The number of aromatic nitrogens is 2. The Labute approximate surface area is 159 Å². The first-order chi connectivity index (χ1) is 13.2. The number of urea groups is 1. The van der Waals surface area contributed by atoms with Crippen molar-refractivity contribution in [2.24, 2.45) is 7.05 Å². The lowest BCUT2D eigenvalue weighted by Crippen LogP contribution is -2.50. The Morgan fingerprint density at radius 1 is 1.19 bits per heavy atom. The summed E-state index contributed by atoms with van der Waals surface area (Å²) in [5, 5.41) is 16.2. The molecular weight excluding hydrogens is 346 g/mol. The van der Waals surface area contributed by atoms with Crippen molar-refractivity contribution >= 4 is 11.8 Å². The van der Waals surface area contributed by atoms with Crippen LogP contribution in [0.4, 0.5) is 10.6 Å². The molecule has 1 fully saturated rings. The molecule has 0 radical (unpaired) electrons. The molecule has 0 bridgehead atoms. The van der Waals surface area contributed by atoms with Gasteiger partial charge in [-0.1, -0.05) is 30.3 Å². The summed E-state index contributed by atoms with van der Waals surface area (Å²) in [5.74, 6) is 0.679. The van der Waals surface area contributed by atoms with E-state index in [1.54, 1.807) is 4.68 Å². The Morgan fingerprint density at radius 2 is 1.93 bits per heavy atom. The maximum Gasteiger partial charge on any atom is 0.323 e. The molecule has 27 heavy (non-hydrogen) atoms. The third kappa shape index (κ3) is 5.29. The SMILES string of the molecule is Cn1nc(-c2ccccc2)cc1NC(=O)N1CCN(CCOCCO)CC1. The highest BCUT2D eigenvalue weighted by molar-refractivity contribution is 5.89. The van der Waals surface area contributed by atoms with Gasteiger partial charge in [0.05, 0.1) is 25.5 Å². The molecule has 1 saturated heterocycles. The van der Waals surface area contributed by atoms with Crippen molar-refractivity contribution in [2.75, 3.05) is 57.9 Å². The van der Waals surface area contributed by atoms with Crippen LogP contribution in [0.25, 0.3) is 11.3 Å². The van der Waals surface area contributed by atoms with Crippen LogP contribution >= 0.6 is 0 Å². The Morgan fingerprint density at radius 3 is 2.63 bits per heavy atom. The Kier molecular flexibility index (Phi) is 6.80. The van der Waals surface area contributed by atoms with Crippen molar-refractivity contribution in [3.8, 4) is 11.3 Å². The normalized spacial score (nSPS) is 15.1. The van der Waals surface area contributed by atoms with Crippen molar-refractivity contribution in [1.29, 1.82) is 0 Å². The van der Waals surface area contributed by atoms with Gasteiger partial charge in [-0.25, -0.2) is 4.79 Å². The number of hydrogen-bond acceptors (Lipinski definition) is 5. The number of piperazine rings is 1. The number of amides is 2. The topological polar surface area (TPSA) is 82.9 Å². The van der Waals surface area contributed by atoms with E-state index in [2.05, 4.69) is 15.3 Å². The summed E-state index contributed by atoms with van der Waals surface area (Å²) in [6, 6.07) is 11.7. The number of rotatable bonds is 7. The standard InChI is InChI=1S/C19H27N5O3/c1-22-18(15-17(21-22)16-5-3-2-4-6-16)20-19(26)24-9-7-23(8-10-24)11-13-27-14-12-25/h2-6,15,25H,7-14H2,1H3,(H,20,26). The number of aliphatic hydroxyl groups is 1. The smallest absolute Gasteiger partial charge is 0.323 e. The second-order valence-electron chi connectivity index (χ2n) is 6.50. The molecule has 1 aromatic heterocycles. The number of aryl methyl sites for hydroxylation is 1. The van der Waals surface area contributed by atoms with Crippen LogP contribution in [0.1, 0.15) is 0 Å². The van der Waals surface area contributed by atoms with E-state index in [0.29, 0.717) is 32.1 Å². The number of ether oxygens (including phenoxy) is 1. The Balaban J connectivity index is 1.49. The minimum atomic E-state index is -0.103. The molecule has 1 aliphatic heterocycles. The second-order valence-corrected chi connectivity index (χ2v) is 6.50. The summed E-state index contributed by atoms with van der Waals surface area (Å²) >= 11 is 0. The molecule has 0 spiro atoms. The van der Waals surface area contributed by atoms with Crippen molar-refractivity contribution in [1.82, 2.24) is 19.6 Å². The number of nitrogens with one attached hydrogen (secondary N) is 1. The quantitative estimate of drug-likeness (QED) is 0.714. The summed E-state index contributed by atoms with van der Waals surface area (Å²) in [6.45, 7) is 4.82. The number of carbonyl (C=O) groups is 1. The fourth-order valence-corrected chi connectivity index (χ4v) is 3.06. The first-order valence-corrected chi connectivity index (χ1v) is 9.23. The van der Waals surface area contributed by atoms with Crippen LogP contribution in [0.5, 0.6) is 0 Å². The predicted octanol–water partition coefficient (Wildman–Crippen LogP) is 1.25. The van der Waals surface area contributed by atoms with Crippen LogP contribution in [0.15, 0.2) is 36.4 Å². The highest BCUT2D eigenvalue weighted by Crippen LogP contribution is 2.21. The number of nitrogens with zero attached hydrogens (tertiary/aromatic N) is 4. The van der Waals surface area contributed by atoms with Crippen LogP contribution in [-0.2, 0) is 11.8 Å². The fourth-order valence-electron chi connectivity index (χ4n) is 3.06. The predicted molar refractivity (Wildman–Crippen MR) is 104 cm³/mol. The number of carbonyl (C=O) groups excluding carboxylic acids is 1. The average Bonchev–Trinajstić information content (AvgIpc) is 3.07. The molecule has 8 nitrogen and oxygen atoms in total. The molecule has 0 unspecified atom stereocenters. The first-order valence-electron chi connectivity index (χ1n) is 9.23. The number of hydrogen-bond donors (Lipinski definition) is 2. The van der Waals surface area contributed by atoms with Gasteiger partial charge in [0, 0.05) is 51.4 Å². The van der Waals surface area contributed by atoms with Gasteiger partial charge in [-0.05, 0) is 0 Å². The maximum absolute atomic E-state index is 12.6. The molecule has 2 heterocycles. The van der Waals surface area contributed by atoms with Gasteiger partial charge in [-0.15, -0.1) is 0 Å². The van der Waals surface area contributed by atoms with E-state index in [9.17, 15) is 4.79 Å². The molecule has 3 rings (SSSR count). The summed E-state index contributed by atoms with van der Waals surface area (Å²) in [7, 11) is 1.83. The van der Waals surface area contributed by atoms with E-state index in [0.717, 1.165) is 30.9 Å². The summed E-state index contributed by atoms with van der Waals surface area (Å²) in [6.07, 6.45) is 0. The van der Waals surface area contributed by atoms with Gasteiger partial charge in [0.25, 0.3) is 0 Å². The second kappa shape index (κ2) is 9.50. The zero-order valence-corrected chi connectivity index (χ0v) is 15.7. The third-order valence-corrected chi connectivity index (χ3v) is 4.63. The molecule has 1 aromatic carbocycles. The van der Waals surface area contributed by atoms with Crippen LogP contribution in [0.3, 0.4) is 0 Å². The highest BCUT2D eigenvalue weighted by atomic mass is 16.5. The van der Waals surface area contributed by atoms with Gasteiger partial charge in [0.1, 0.15) is 5.82 Å². The minimum absolute atomic E-state index is 0.0496. The number of benzene rings is 1. The number of anilines is 1. The lowest BCUT2D eigenvalue weighted by molar-refractivity contribution is 0.0627. The zero-order chi connectivity index (χ0) is 19.1. The van der Waals surface area contributed by atoms with E-state index < -0.39 is 0 Å². The van der Waals surface area contributed by atoms with E-state index in [1.807, 2.05) is 48.3 Å². The highest BCUT2D eigenvalue weighted by Gasteiger charge is 2.22. The molecule has 2 aromatic rings. The van der Waals surface area contributed by atoms with Crippen molar-refractivity contribution in [2.45, 2.75) is 0 Å². The lowest BCUT2D eigenvalue weighted by Gasteiger charge is -2.34. The van der Waals surface area contributed by atoms with Crippen LogP contribution in [0, 0.1) is 0 Å². The van der Waals surface area contributed by atoms with Crippen molar-refractivity contribution in [3.05, 3.63) is 36.4 Å². The molecule has 2 amide bonds. The van der Waals surface area contributed by atoms with Gasteiger partial charge in [-0.3, -0.25) is 14.9 Å². The lowest BCUT2D eigenvalue weighted by atomic mass is 10.2. The summed E-state index contributed by atoms with van der Waals surface area (Å²) in [5.41, 5.74) is 1.85. The van der Waals surface area contributed by atoms with Crippen molar-refractivity contribution in [3.63, 3.8) is 0 Å². The largest absolute Gasteiger partial charge is 0.394 e. The summed E-state index contributed by atoms with van der Waals surface area (Å²) < 4.78 is 6.99. The molecule has 146 valence electrons. The van der Waals surface area contributed by atoms with E-state index >= 15 is 0 Å². The number of aliphatic hydroxyl groups excluding tert-OH is 1. The molecule has 8 heteroatoms. The zero-order valence-electron chi connectivity index (χ0n) is 15.7. The Bertz CT molecular complexity index is 726. The minimum Gasteiger partial charge on any atom is -0.394 e. The van der Waals surface area contributed by atoms with Gasteiger partial charge in [-0.2, -0.15) is 5.10 Å².